The van der Waals surface area contributed by atoms with Crippen LogP contribution in [0.15, 0.2) is 53.0 Å². The smallest absolute Gasteiger partial charge is 0.224 e. The summed E-state index contributed by atoms with van der Waals surface area (Å²) < 4.78 is 5.28. The third-order valence-electron chi connectivity index (χ3n) is 5.33. The van der Waals surface area contributed by atoms with Gasteiger partial charge in [-0.3, -0.25) is 0 Å². The number of nitrogens with one attached hydrogen (secondary N) is 2. The standard InChI is InChI=1S/C25H34N4OS/c1-5-19(20-9-11-21(30-4)12-10-20)13-16-27-25-28-22-14-17-31-23(22)24(29-25)26-15-7-6-8-18(2)3/h6-12,19H,5,13-17H2,1-4H3,(H2,26,27,28,29)/b7-6-. The van der Waals surface area contributed by atoms with E-state index in [1.165, 1.54) is 16.0 Å². The van der Waals surface area contributed by atoms with Crippen LogP contribution >= 0.6 is 11.8 Å². The number of aryl methyl sites for hydroxylation is 1. The Balaban J connectivity index is 1.60. The summed E-state index contributed by atoms with van der Waals surface area (Å²) in [5.41, 5.74) is 3.79. The molecule has 1 aromatic heterocycles. The van der Waals surface area contributed by atoms with Crippen LogP contribution in [0.4, 0.5) is 11.8 Å². The summed E-state index contributed by atoms with van der Waals surface area (Å²) >= 11 is 1.84. The average Bonchev–Trinajstić information content (AvgIpc) is 3.25. The lowest BCUT2D eigenvalue weighted by atomic mass is 9.93. The third-order valence-corrected chi connectivity index (χ3v) is 6.46. The van der Waals surface area contributed by atoms with E-state index in [-0.39, 0.29) is 0 Å². The Morgan fingerprint density at radius 1 is 1.19 bits per heavy atom. The van der Waals surface area contributed by atoms with Crippen molar-refractivity contribution in [3.63, 3.8) is 0 Å². The van der Waals surface area contributed by atoms with Gasteiger partial charge in [-0.15, -0.1) is 11.8 Å². The van der Waals surface area contributed by atoms with Crippen molar-refractivity contribution in [2.24, 2.45) is 0 Å². The second-order valence-corrected chi connectivity index (χ2v) is 9.02. The fraction of sp³-hybridized carbons (Fsp3) is 0.440. The maximum atomic E-state index is 5.28. The van der Waals surface area contributed by atoms with Gasteiger partial charge in [-0.2, -0.15) is 4.98 Å². The normalized spacial score (nSPS) is 13.7. The Labute approximate surface area is 190 Å². The number of benzene rings is 1. The second kappa shape index (κ2) is 11.8. The highest BCUT2D eigenvalue weighted by molar-refractivity contribution is 7.99. The molecular weight excluding hydrogens is 404 g/mol. The minimum atomic E-state index is 0.501. The third kappa shape index (κ3) is 6.76. The lowest BCUT2D eigenvalue weighted by Gasteiger charge is -2.17. The molecule has 2 aromatic rings. The zero-order valence-electron chi connectivity index (χ0n) is 19.1. The van der Waals surface area contributed by atoms with Crippen molar-refractivity contribution < 1.29 is 4.74 Å². The molecule has 2 N–H and O–H groups in total. The molecule has 1 aromatic carbocycles. The van der Waals surface area contributed by atoms with Crippen LogP contribution in [-0.2, 0) is 6.42 Å². The summed E-state index contributed by atoms with van der Waals surface area (Å²) in [7, 11) is 1.70. The topological polar surface area (TPSA) is 59.1 Å². The Kier molecular flexibility index (Phi) is 8.83. The molecule has 6 heteroatoms. The molecule has 0 bridgehead atoms. The van der Waals surface area contributed by atoms with Crippen LogP contribution in [0.25, 0.3) is 0 Å². The number of rotatable bonds is 11. The van der Waals surface area contributed by atoms with E-state index >= 15 is 0 Å². The van der Waals surface area contributed by atoms with Gasteiger partial charge < -0.3 is 15.4 Å². The van der Waals surface area contributed by atoms with Gasteiger partial charge in [0.05, 0.1) is 17.7 Å². The number of nitrogens with zero attached hydrogens (tertiary/aromatic N) is 2. The fourth-order valence-electron chi connectivity index (χ4n) is 3.59. The fourth-order valence-corrected chi connectivity index (χ4v) is 4.66. The SMILES string of the molecule is CCC(CCNc1nc2c(c(NC/C=C\C=C(C)C)n1)SCC2)c1ccc(OC)cc1. The van der Waals surface area contributed by atoms with Crippen molar-refractivity contribution in [3.8, 4) is 5.75 Å². The minimum absolute atomic E-state index is 0.501. The van der Waals surface area contributed by atoms with E-state index in [0.717, 1.165) is 61.3 Å². The molecule has 0 radical (unpaired) electrons. The zero-order valence-corrected chi connectivity index (χ0v) is 19.9. The van der Waals surface area contributed by atoms with E-state index in [9.17, 15) is 0 Å². The van der Waals surface area contributed by atoms with Crippen molar-refractivity contribution in [1.82, 2.24) is 9.97 Å². The first-order chi connectivity index (χ1) is 15.1. The molecule has 166 valence electrons. The van der Waals surface area contributed by atoms with Crippen LogP contribution in [0.5, 0.6) is 5.75 Å². The van der Waals surface area contributed by atoms with E-state index in [1.54, 1.807) is 7.11 Å². The Morgan fingerprint density at radius 2 is 2.00 bits per heavy atom. The van der Waals surface area contributed by atoms with E-state index in [2.05, 4.69) is 61.8 Å². The highest BCUT2D eigenvalue weighted by Gasteiger charge is 2.20. The summed E-state index contributed by atoms with van der Waals surface area (Å²) in [6.45, 7) is 8.03. The number of thioether (sulfide) groups is 1. The molecule has 0 saturated heterocycles. The largest absolute Gasteiger partial charge is 0.497 e. The van der Waals surface area contributed by atoms with Gasteiger partial charge in [0.1, 0.15) is 11.6 Å². The van der Waals surface area contributed by atoms with Crippen LogP contribution in [-0.4, -0.2) is 35.9 Å². The number of hydrogen-bond acceptors (Lipinski definition) is 6. The van der Waals surface area contributed by atoms with E-state index in [4.69, 9.17) is 14.7 Å². The molecule has 31 heavy (non-hydrogen) atoms. The van der Waals surface area contributed by atoms with Gasteiger partial charge in [0.25, 0.3) is 0 Å². The van der Waals surface area contributed by atoms with E-state index in [0.29, 0.717) is 5.92 Å². The molecule has 0 fully saturated rings. The van der Waals surface area contributed by atoms with Gasteiger partial charge in [-0.25, -0.2) is 4.98 Å². The van der Waals surface area contributed by atoms with Crippen LogP contribution in [0.3, 0.4) is 0 Å². The molecule has 1 aliphatic heterocycles. The summed E-state index contributed by atoms with van der Waals surface area (Å²) in [6, 6.07) is 8.41. The second-order valence-electron chi connectivity index (χ2n) is 7.92. The molecule has 0 aliphatic carbocycles. The molecule has 0 spiro atoms. The van der Waals surface area contributed by atoms with Gasteiger partial charge in [0, 0.05) is 25.3 Å². The highest BCUT2D eigenvalue weighted by atomic mass is 32.2. The maximum absolute atomic E-state index is 5.28. The highest BCUT2D eigenvalue weighted by Crippen LogP contribution is 2.36. The Hall–Kier alpha value is -2.47. The van der Waals surface area contributed by atoms with Gasteiger partial charge in [-0.05, 0) is 50.3 Å². The Bertz CT molecular complexity index is 904. The summed E-state index contributed by atoms with van der Waals surface area (Å²) in [5.74, 6) is 4.14. The number of allylic oxidation sites excluding steroid dienone is 3. The van der Waals surface area contributed by atoms with Gasteiger partial charge in [0.2, 0.25) is 5.95 Å². The lowest BCUT2D eigenvalue weighted by Crippen LogP contribution is -2.12. The van der Waals surface area contributed by atoms with Crippen molar-refractivity contribution in [2.45, 2.75) is 50.8 Å². The van der Waals surface area contributed by atoms with Crippen LogP contribution < -0.4 is 15.4 Å². The van der Waals surface area contributed by atoms with Crippen LogP contribution in [0, 0.1) is 0 Å². The molecule has 1 atom stereocenters. The first-order valence-electron chi connectivity index (χ1n) is 11.1. The van der Waals surface area contributed by atoms with Crippen molar-refractivity contribution in [3.05, 3.63) is 59.3 Å². The average molecular weight is 439 g/mol. The predicted octanol–water partition coefficient (Wildman–Crippen LogP) is 6.06. The van der Waals surface area contributed by atoms with E-state index in [1.807, 2.05) is 23.9 Å². The van der Waals surface area contributed by atoms with Gasteiger partial charge in [0.15, 0.2) is 0 Å². The molecule has 3 rings (SSSR count). The molecule has 1 aliphatic rings. The minimum Gasteiger partial charge on any atom is -0.497 e. The van der Waals surface area contributed by atoms with Crippen LogP contribution in [0.1, 0.15) is 50.8 Å². The zero-order chi connectivity index (χ0) is 22.1. The molecule has 1 unspecified atom stereocenters. The monoisotopic (exact) mass is 438 g/mol. The lowest BCUT2D eigenvalue weighted by molar-refractivity contribution is 0.414. The summed E-state index contributed by atoms with van der Waals surface area (Å²) in [4.78, 5) is 10.7. The van der Waals surface area contributed by atoms with Crippen molar-refractivity contribution in [2.75, 3.05) is 36.6 Å². The molecule has 5 nitrogen and oxygen atoms in total. The Morgan fingerprint density at radius 3 is 2.71 bits per heavy atom. The number of aromatic nitrogens is 2. The van der Waals surface area contributed by atoms with Crippen molar-refractivity contribution in [1.29, 1.82) is 0 Å². The maximum Gasteiger partial charge on any atom is 0.224 e. The molecule has 2 heterocycles. The predicted molar refractivity (Wildman–Crippen MR) is 133 cm³/mol. The number of ether oxygens (including phenoxy) is 1. The first kappa shape index (κ1) is 23.2. The molecule has 0 saturated carbocycles. The van der Waals surface area contributed by atoms with Crippen molar-refractivity contribution >= 4 is 23.5 Å². The van der Waals surface area contributed by atoms with Gasteiger partial charge >= 0.3 is 0 Å². The van der Waals surface area contributed by atoms with E-state index < -0.39 is 0 Å². The number of fused-ring (bicyclic) bond motifs is 1. The first-order valence-corrected chi connectivity index (χ1v) is 12.0. The quantitative estimate of drug-likeness (QED) is 0.416. The van der Waals surface area contributed by atoms with Crippen LogP contribution in [0.2, 0.25) is 0 Å². The molecule has 0 amide bonds. The van der Waals surface area contributed by atoms with Gasteiger partial charge in [-0.1, -0.05) is 42.9 Å². The summed E-state index contributed by atoms with van der Waals surface area (Å²) in [6.07, 6.45) is 9.45. The molecular formula is C25H34N4OS. The number of hydrogen-bond donors (Lipinski definition) is 2. The number of methoxy groups -OCH3 is 1. The number of anilines is 2. The summed E-state index contributed by atoms with van der Waals surface area (Å²) in [5, 5.41) is 6.93.